The molecule has 224 valence electrons. The van der Waals surface area contributed by atoms with E-state index < -0.39 is 45.8 Å². The van der Waals surface area contributed by atoms with Gasteiger partial charge in [0.15, 0.2) is 11.6 Å². The van der Waals surface area contributed by atoms with Gasteiger partial charge in [0.05, 0.1) is 36.7 Å². The Kier molecular flexibility index (Phi) is 6.50. The first-order chi connectivity index (χ1) is 21.8. The summed E-state index contributed by atoms with van der Waals surface area (Å²) < 4.78 is 11.0. The first kappa shape index (κ1) is 28.0. The van der Waals surface area contributed by atoms with E-state index in [1.807, 2.05) is 36.4 Å². The van der Waals surface area contributed by atoms with Crippen molar-refractivity contribution in [3.05, 3.63) is 135 Å². The summed E-state index contributed by atoms with van der Waals surface area (Å²) in [6, 6.07) is 23.0. The monoisotopic (exact) mass is 601 g/mol. The highest BCUT2D eigenvalue weighted by atomic mass is 16.6. The summed E-state index contributed by atoms with van der Waals surface area (Å²) in [5, 5.41) is 14.7. The number of non-ortho nitro benzene ring substituents is 1. The second-order valence-corrected chi connectivity index (χ2v) is 11.2. The molecule has 0 radical (unpaired) electrons. The Balaban J connectivity index is 1.55. The van der Waals surface area contributed by atoms with Crippen LogP contribution in [0.5, 0.6) is 11.5 Å². The third kappa shape index (κ3) is 3.98. The lowest BCUT2D eigenvalue weighted by Gasteiger charge is -2.38. The number of nitrogens with zero attached hydrogens (tertiary/aromatic N) is 2. The average molecular weight is 602 g/mol. The minimum atomic E-state index is -1.57. The highest BCUT2D eigenvalue weighted by molar-refractivity contribution is 6.17. The predicted molar refractivity (Wildman–Crippen MR) is 165 cm³/mol. The Morgan fingerprint density at radius 2 is 1.69 bits per heavy atom. The summed E-state index contributed by atoms with van der Waals surface area (Å²) in [4.78, 5) is 57.4. The van der Waals surface area contributed by atoms with Crippen LogP contribution in [-0.4, -0.2) is 47.6 Å². The maximum Gasteiger partial charge on any atom is 0.270 e. The largest absolute Gasteiger partial charge is 0.497 e. The number of nitrogens with one attached hydrogen (secondary N) is 1. The Hall–Kier alpha value is -5.77. The summed E-state index contributed by atoms with van der Waals surface area (Å²) >= 11 is 0. The molecule has 3 aliphatic heterocycles. The fourth-order valence-corrected chi connectivity index (χ4v) is 7.29. The van der Waals surface area contributed by atoms with E-state index in [1.165, 1.54) is 38.5 Å². The number of carbonyl (C=O) groups is 3. The van der Waals surface area contributed by atoms with Crippen LogP contribution in [0.15, 0.2) is 97.2 Å². The Morgan fingerprint density at radius 1 is 0.911 bits per heavy atom. The lowest BCUT2D eigenvalue weighted by Crippen LogP contribution is -2.49. The molecule has 7 rings (SSSR count). The molecule has 4 aromatic rings. The molecule has 0 aromatic heterocycles. The van der Waals surface area contributed by atoms with E-state index in [2.05, 4.69) is 5.32 Å². The number of ketones is 2. The number of ether oxygens (including phenoxy) is 2. The number of nitro benzene ring substituents is 1. The van der Waals surface area contributed by atoms with E-state index in [9.17, 15) is 19.7 Å². The number of hydrogen-bond acceptors (Lipinski definition) is 8. The van der Waals surface area contributed by atoms with E-state index in [4.69, 9.17) is 9.47 Å². The Morgan fingerprint density at radius 3 is 2.47 bits per heavy atom. The number of Topliss-reactive ketones (excluding diaryl/α,β-unsaturated/α-hetero) is 2. The number of anilines is 1. The van der Waals surface area contributed by atoms with Crippen LogP contribution >= 0.6 is 0 Å². The molecule has 1 amide bonds. The van der Waals surface area contributed by atoms with Gasteiger partial charge in [-0.15, -0.1) is 0 Å². The van der Waals surface area contributed by atoms with E-state index in [0.29, 0.717) is 17.0 Å². The number of rotatable bonds is 7. The molecule has 0 saturated carbocycles. The van der Waals surface area contributed by atoms with E-state index in [-0.39, 0.29) is 22.6 Å². The fourth-order valence-electron chi connectivity index (χ4n) is 7.29. The van der Waals surface area contributed by atoms with Crippen molar-refractivity contribution < 1.29 is 28.8 Å². The van der Waals surface area contributed by atoms with Crippen molar-refractivity contribution in [3.8, 4) is 11.5 Å². The molecule has 45 heavy (non-hydrogen) atoms. The van der Waals surface area contributed by atoms with Crippen LogP contribution in [0, 0.1) is 16.0 Å². The normalized spacial score (nSPS) is 22.3. The summed E-state index contributed by atoms with van der Waals surface area (Å²) in [7, 11) is 2.92. The lowest BCUT2D eigenvalue weighted by molar-refractivity contribution is -0.384. The van der Waals surface area contributed by atoms with Crippen LogP contribution in [0.3, 0.4) is 0 Å². The summed E-state index contributed by atoms with van der Waals surface area (Å²) in [5.41, 5.74) is 1.14. The number of nitro groups is 1. The molecule has 3 aliphatic rings. The van der Waals surface area contributed by atoms with Gasteiger partial charge in [0.1, 0.15) is 23.0 Å². The second-order valence-electron chi connectivity index (χ2n) is 11.2. The minimum Gasteiger partial charge on any atom is -0.497 e. The van der Waals surface area contributed by atoms with Crippen molar-refractivity contribution in [1.82, 2.24) is 4.90 Å². The van der Waals surface area contributed by atoms with E-state index in [1.54, 1.807) is 47.5 Å². The van der Waals surface area contributed by atoms with Crippen molar-refractivity contribution in [2.45, 2.75) is 17.5 Å². The average Bonchev–Trinajstić information content (AvgIpc) is 3.55. The molecule has 4 atom stereocenters. The van der Waals surface area contributed by atoms with Crippen molar-refractivity contribution in [2.24, 2.45) is 5.92 Å². The van der Waals surface area contributed by atoms with Crippen molar-refractivity contribution in [3.63, 3.8) is 0 Å². The zero-order valence-corrected chi connectivity index (χ0v) is 24.3. The number of fused-ring (bicyclic) bond motifs is 6. The Bertz CT molecular complexity index is 1950. The topological polar surface area (TPSA) is 128 Å². The van der Waals surface area contributed by atoms with Gasteiger partial charge in [-0.3, -0.25) is 24.5 Å². The third-order valence-electron chi connectivity index (χ3n) is 9.14. The van der Waals surface area contributed by atoms with Crippen molar-refractivity contribution in [2.75, 3.05) is 19.5 Å². The molecule has 4 aromatic carbocycles. The van der Waals surface area contributed by atoms with Crippen LogP contribution in [0.25, 0.3) is 6.08 Å². The highest BCUT2D eigenvalue weighted by Crippen LogP contribution is 2.62. The smallest absolute Gasteiger partial charge is 0.270 e. The minimum absolute atomic E-state index is 0.0550. The van der Waals surface area contributed by atoms with Crippen LogP contribution in [-0.2, 0) is 10.2 Å². The fraction of sp³-hybridized carbons (Fsp3) is 0.171. The number of methoxy groups -OCH3 is 2. The predicted octanol–water partition coefficient (Wildman–Crippen LogP) is 5.59. The molecule has 1 N–H and O–H groups in total. The molecule has 10 nitrogen and oxygen atoms in total. The van der Waals surface area contributed by atoms with E-state index >= 15 is 4.79 Å². The molecule has 1 spiro atoms. The van der Waals surface area contributed by atoms with Gasteiger partial charge in [0.2, 0.25) is 5.91 Å². The SMILES string of the molecule is COc1ccc(OC)c(C(=O)[C@@H]2[C@H](C(=O)c3cccc([N+](=O)[O-])c3)N3C=Cc4ccccc4[C@@H]3[C@]23C(=O)Nc2ccccc23)c1. The highest BCUT2D eigenvalue weighted by Gasteiger charge is 2.71. The summed E-state index contributed by atoms with van der Waals surface area (Å²) in [6.45, 7) is 0. The van der Waals surface area contributed by atoms with E-state index in [0.717, 1.165) is 11.1 Å². The maximum absolute atomic E-state index is 15.2. The number of benzene rings is 4. The first-order valence-electron chi connectivity index (χ1n) is 14.3. The summed E-state index contributed by atoms with van der Waals surface area (Å²) in [6.07, 6.45) is 3.60. The second kappa shape index (κ2) is 10.4. The molecular formula is C35H27N3O7. The molecule has 10 heteroatoms. The molecule has 3 heterocycles. The molecule has 0 bridgehead atoms. The van der Waals surface area contributed by atoms with Gasteiger partial charge in [0.25, 0.3) is 5.69 Å². The molecular weight excluding hydrogens is 574 g/mol. The standard InChI is InChI=1S/C35H27N3O7/c1-44-23-14-15-28(45-2)25(19-23)32(40)29-30(31(39)21-9-7-10-22(18-21)38(42)43)37-17-16-20-8-3-4-11-24(20)33(37)35(29)26-12-5-6-13-27(26)36-34(35)41/h3-19,29-30,33H,1-2H3,(H,36,41)/t29-,30+,33+,35+/m0/s1. The van der Waals surface area contributed by atoms with Gasteiger partial charge in [-0.1, -0.05) is 54.6 Å². The van der Waals surface area contributed by atoms with Crippen LogP contribution in [0.4, 0.5) is 11.4 Å². The molecule has 1 fully saturated rings. The van der Waals surface area contributed by atoms with Crippen LogP contribution in [0.2, 0.25) is 0 Å². The van der Waals surface area contributed by atoms with Gasteiger partial charge in [-0.2, -0.15) is 0 Å². The van der Waals surface area contributed by atoms with Gasteiger partial charge in [-0.05, 0) is 47.0 Å². The number of hydrogen-bond donors (Lipinski definition) is 1. The van der Waals surface area contributed by atoms with Gasteiger partial charge < -0.3 is 19.7 Å². The number of carbonyl (C=O) groups excluding carboxylic acids is 3. The van der Waals surface area contributed by atoms with Crippen LogP contribution in [0.1, 0.15) is 43.4 Å². The number of para-hydroxylation sites is 1. The molecule has 0 unspecified atom stereocenters. The van der Waals surface area contributed by atoms with Crippen LogP contribution < -0.4 is 14.8 Å². The Labute approximate surface area is 258 Å². The molecule has 0 aliphatic carbocycles. The zero-order chi connectivity index (χ0) is 31.5. The summed E-state index contributed by atoms with van der Waals surface area (Å²) in [5.74, 6) is -2.08. The van der Waals surface area contributed by atoms with Gasteiger partial charge in [0, 0.05) is 29.6 Å². The zero-order valence-electron chi connectivity index (χ0n) is 24.3. The third-order valence-corrected chi connectivity index (χ3v) is 9.14. The maximum atomic E-state index is 15.2. The lowest BCUT2D eigenvalue weighted by atomic mass is 9.62. The van der Waals surface area contributed by atoms with Gasteiger partial charge in [-0.25, -0.2) is 0 Å². The first-order valence-corrected chi connectivity index (χ1v) is 14.3. The van der Waals surface area contributed by atoms with Crippen molar-refractivity contribution in [1.29, 1.82) is 0 Å². The number of amides is 1. The van der Waals surface area contributed by atoms with Crippen molar-refractivity contribution >= 4 is 34.9 Å². The molecule has 1 saturated heterocycles. The van der Waals surface area contributed by atoms with Gasteiger partial charge >= 0.3 is 0 Å². The quantitative estimate of drug-likeness (QED) is 0.165.